The Bertz CT molecular complexity index is 739. The summed E-state index contributed by atoms with van der Waals surface area (Å²) in [5.41, 5.74) is 0.591. The van der Waals surface area contributed by atoms with Crippen LogP contribution in [-0.4, -0.2) is 33.5 Å². The van der Waals surface area contributed by atoms with Crippen molar-refractivity contribution in [2.24, 2.45) is 0 Å². The Morgan fingerprint density at radius 2 is 2.29 bits per heavy atom. The number of anilines is 1. The maximum absolute atomic E-state index is 11.9. The van der Waals surface area contributed by atoms with Crippen LogP contribution in [0.4, 0.5) is 5.13 Å². The van der Waals surface area contributed by atoms with Gasteiger partial charge in [-0.25, -0.2) is 4.98 Å². The molecule has 24 heavy (non-hydrogen) atoms. The van der Waals surface area contributed by atoms with Crippen LogP contribution in [0.2, 0.25) is 0 Å². The molecule has 8 nitrogen and oxygen atoms in total. The van der Waals surface area contributed by atoms with Gasteiger partial charge < -0.3 is 9.26 Å². The molecule has 0 bridgehead atoms. The quantitative estimate of drug-likeness (QED) is 0.735. The summed E-state index contributed by atoms with van der Waals surface area (Å²) < 4.78 is 10.1. The van der Waals surface area contributed by atoms with Gasteiger partial charge in [-0.15, -0.1) is 11.3 Å². The Morgan fingerprint density at radius 1 is 1.46 bits per heavy atom. The van der Waals surface area contributed by atoms with Gasteiger partial charge in [0.2, 0.25) is 5.91 Å². The van der Waals surface area contributed by atoms with Gasteiger partial charge in [0.15, 0.2) is 17.6 Å². The van der Waals surface area contributed by atoms with Crippen molar-refractivity contribution in [2.75, 3.05) is 11.4 Å². The van der Waals surface area contributed by atoms with Crippen molar-refractivity contribution < 1.29 is 18.8 Å². The summed E-state index contributed by atoms with van der Waals surface area (Å²) in [6.07, 6.45) is 1.45. The first-order valence-corrected chi connectivity index (χ1v) is 8.63. The standard InChI is InChI=1S/C15H18N4O4S/c1-9(2)14-17-11(23-18-14)7-22-13(21)6-10-8-24-15(16-10)19-5-3-4-12(19)20/h8-9H,3-7H2,1-2H3. The number of carbonyl (C=O) groups is 2. The van der Waals surface area contributed by atoms with Crippen molar-refractivity contribution in [3.05, 3.63) is 22.8 Å². The minimum absolute atomic E-state index is 0.0453. The zero-order valence-electron chi connectivity index (χ0n) is 13.5. The molecule has 0 atom stereocenters. The Morgan fingerprint density at radius 3 is 2.96 bits per heavy atom. The van der Waals surface area contributed by atoms with E-state index in [1.54, 1.807) is 10.3 Å². The zero-order valence-corrected chi connectivity index (χ0v) is 14.3. The fourth-order valence-corrected chi connectivity index (χ4v) is 3.12. The Hall–Kier alpha value is -2.29. The molecule has 1 aliphatic rings. The number of ether oxygens (including phenoxy) is 1. The number of aromatic nitrogens is 3. The third-order valence-electron chi connectivity index (χ3n) is 3.53. The molecule has 0 spiro atoms. The second kappa shape index (κ2) is 7.08. The predicted octanol–water partition coefficient (Wildman–Crippen LogP) is 2.06. The van der Waals surface area contributed by atoms with Gasteiger partial charge in [0.25, 0.3) is 5.89 Å². The van der Waals surface area contributed by atoms with Crippen molar-refractivity contribution in [3.8, 4) is 0 Å². The van der Waals surface area contributed by atoms with Crippen molar-refractivity contribution in [1.29, 1.82) is 0 Å². The van der Waals surface area contributed by atoms with Crippen LogP contribution in [0.3, 0.4) is 0 Å². The molecule has 0 aromatic carbocycles. The van der Waals surface area contributed by atoms with E-state index in [2.05, 4.69) is 15.1 Å². The van der Waals surface area contributed by atoms with Crippen molar-refractivity contribution >= 4 is 28.3 Å². The third-order valence-corrected chi connectivity index (χ3v) is 4.44. The summed E-state index contributed by atoms with van der Waals surface area (Å²) in [5.74, 6) is 0.661. The first-order chi connectivity index (χ1) is 11.5. The van der Waals surface area contributed by atoms with Crippen molar-refractivity contribution in [1.82, 2.24) is 15.1 Å². The van der Waals surface area contributed by atoms with Gasteiger partial charge in [0.1, 0.15) is 0 Å². The lowest BCUT2D eigenvalue weighted by Gasteiger charge is -2.10. The number of hydrogen-bond acceptors (Lipinski definition) is 8. The SMILES string of the molecule is CC(C)c1noc(COC(=O)Cc2csc(N3CCCC3=O)n2)n1. The van der Waals surface area contributed by atoms with E-state index in [1.807, 2.05) is 13.8 Å². The molecule has 1 saturated heterocycles. The lowest BCUT2D eigenvalue weighted by molar-refractivity contribution is -0.145. The summed E-state index contributed by atoms with van der Waals surface area (Å²) in [5, 5.41) is 6.21. The monoisotopic (exact) mass is 350 g/mol. The molecule has 2 aromatic heterocycles. The molecule has 0 unspecified atom stereocenters. The number of thiazole rings is 1. The van der Waals surface area contributed by atoms with Crippen LogP contribution in [0.5, 0.6) is 0 Å². The van der Waals surface area contributed by atoms with Crippen LogP contribution >= 0.6 is 11.3 Å². The van der Waals surface area contributed by atoms with Crippen molar-refractivity contribution in [2.45, 2.75) is 45.6 Å². The number of rotatable bonds is 6. The van der Waals surface area contributed by atoms with E-state index < -0.39 is 5.97 Å². The summed E-state index contributed by atoms with van der Waals surface area (Å²) in [6, 6.07) is 0. The average molecular weight is 350 g/mol. The number of hydrogen-bond donors (Lipinski definition) is 0. The minimum atomic E-state index is -0.427. The number of carbonyl (C=O) groups excluding carboxylic acids is 2. The maximum Gasteiger partial charge on any atom is 0.312 e. The molecule has 3 heterocycles. The highest BCUT2D eigenvalue weighted by Gasteiger charge is 2.24. The average Bonchev–Trinajstić information content (AvgIpc) is 3.25. The predicted molar refractivity (Wildman–Crippen MR) is 85.6 cm³/mol. The van der Waals surface area contributed by atoms with Crippen LogP contribution in [0.15, 0.2) is 9.90 Å². The highest BCUT2D eigenvalue weighted by atomic mass is 32.1. The Kier molecular flexibility index (Phi) is 4.89. The van der Waals surface area contributed by atoms with Gasteiger partial charge in [-0.2, -0.15) is 4.98 Å². The van der Waals surface area contributed by atoms with Gasteiger partial charge >= 0.3 is 5.97 Å². The minimum Gasteiger partial charge on any atom is -0.455 e. The van der Waals surface area contributed by atoms with Crippen LogP contribution in [-0.2, 0) is 27.4 Å². The Balaban J connectivity index is 1.51. The maximum atomic E-state index is 11.9. The van der Waals surface area contributed by atoms with Crippen LogP contribution in [0.25, 0.3) is 0 Å². The normalized spacial score (nSPS) is 14.6. The second-order valence-corrected chi connectivity index (χ2v) is 6.65. The molecule has 0 N–H and O–H groups in total. The van der Waals surface area contributed by atoms with E-state index in [4.69, 9.17) is 9.26 Å². The fraction of sp³-hybridized carbons (Fsp3) is 0.533. The lowest BCUT2D eigenvalue weighted by Crippen LogP contribution is -2.23. The summed E-state index contributed by atoms with van der Waals surface area (Å²) in [4.78, 5) is 33.7. The molecule has 1 aliphatic heterocycles. The molecule has 1 fully saturated rings. The lowest BCUT2D eigenvalue weighted by atomic mass is 10.2. The molecule has 1 amide bonds. The fourth-order valence-electron chi connectivity index (χ4n) is 2.25. The molecule has 0 saturated carbocycles. The van der Waals surface area contributed by atoms with E-state index in [-0.39, 0.29) is 30.7 Å². The smallest absolute Gasteiger partial charge is 0.312 e. The van der Waals surface area contributed by atoms with Gasteiger partial charge in [0, 0.05) is 24.3 Å². The largest absolute Gasteiger partial charge is 0.455 e. The van der Waals surface area contributed by atoms with E-state index in [0.29, 0.717) is 29.6 Å². The Labute approximate surface area is 142 Å². The second-order valence-electron chi connectivity index (χ2n) is 5.81. The van der Waals surface area contributed by atoms with E-state index in [9.17, 15) is 9.59 Å². The summed E-state index contributed by atoms with van der Waals surface area (Å²) in [6.45, 7) is 4.53. The first-order valence-electron chi connectivity index (χ1n) is 7.76. The molecule has 128 valence electrons. The van der Waals surface area contributed by atoms with Crippen LogP contribution in [0.1, 0.15) is 50.0 Å². The van der Waals surface area contributed by atoms with E-state index in [0.717, 1.165) is 6.42 Å². The van der Waals surface area contributed by atoms with Crippen molar-refractivity contribution in [3.63, 3.8) is 0 Å². The topological polar surface area (TPSA) is 98.4 Å². The zero-order chi connectivity index (χ0) is 17.1. The molecule has 9 heteroatoms. The van der Waals surface area contributed by atoms with Crippen LogP contribution in [0, 0.1) is 0 Å². The number of esters is 1. The van der Waals surface area contributed by atoms with Gasteiger partial charge in [-0.05, 0) is 6.42 Å². The summed E-state index contributed by atoms with van der Waals surface area (Å²) >= 11 is 1.36. The first kappa shape index (κ1) is 16.6. The highest BCUT2D eigenvalue weighted by molar-refractivity contribution is 7.14. The molecule has 0 aliphatic carbocycles. The molecular weight excluding hydrogens is 332 g/mol. The number of nitrogens with zero attached hydrogens (tertiary/aromatic N) is 4. The van der Waals surface area contributed by atoms with E-state index in [1.165, 1.54) is 11.3 Å². The molecular formula is C15H18N4O4S. The van der Waals surface area contributed by atoms with Crippen LogP contribution < -0.4 is 4.90 Å². The molecule has 2 aromatic rings. The summed E-state index contributed by atoms with van der Waals surface area (Å²) in [7, 11) is 0. The van der Waals surface area contributed by atoms with Gasteiger partial charge in [-0.1, -0.05) is 19.0 Å². The van der Waals surface area contributed by atoms with Gasteiger partial charge in [0.05, 0.1) is 12.1 Å². The third kappa shape index (κ3) is 3.78. The molecule has 3 rings (SSSR count). The highest BCUT2D eigenvalue weighted by Crippen LogP contribution is 2.25. The molecule has 0 radical (unpaired) electrons. The van der Waals surface area contributed by atoms with E-state index >= 15 is 0 Å². The van der Waals surface area contributed by atoms with Gasteiger partial charge in [-0.3, -0.25) is 14.5 Å². The number of amides is 1.